The van der Waals surface area contributed by atoms with Crippen molar-refractivity contribution in [2.75, 3.05) is 11.9 Å². The molecular weight excluding hydrogens is 388 g/mol. The molecule has 2 rings (SSSR count). The number of hydrogen-bond donors (Lipinski definition) is 2. The molecule has 1 atom stereocenters. The van der Waals surface area contributed by atoms with Crippen LogP contribution in [0.3, 0.4) is 0 Å². The Morgan fingerprint density at radius 3 is 2.48 bits per heavy atom. The Morgan fingerprint density at radius 1 is 1.19 bits per heavy atom. The highest BCUT2D eigenvalue weighted by Gasteiger charge is 2.19. The maximum absolute atomic E-state index is 12.1. The Morgan fingerprint density at radius 2 is 1.89 bits per heavy atom. The third-order valence-corrected chi connectivity index (χ3v) is 6.55. The molecule has 0 aliphatic rings. The van der Waals surface area contributed by atoms with Crippen LogP contribution in [0.5, 0.6) is 0 Å². The molecule has 27 heavy (non-hydrogen) atoms. The summed E-state index contributed by atoms with van der Waals surface area (Å²) in [5.41, 5.74) is 1.77. The molecule has 1 aromatic carbocycles. The number of nitrogens with one attached hydrogen (secondary N) is 2. The van der Waals surface area contributed by atoms with Crippen LogP contribution in [0.1, 0.15) is 25.8 Å². The van der Waals surface area contributed by atoms with Gasteiger partial charge >= 0.3 is 5.97 Å². The van der Waals surface area contributed by atoms with E-state index in [2.05, 4.69) is 10.0 Å². The quantitative estimate of drug-likeness (QED) is 0.619. The molecule has 7 nitrogen and oxygen atoms in total. The lowest BCUT2D eigenvalue weighted by Gasteiger charge is -2.14. The molecule has 0 aliphatic heterocycles. The first-order valence-corrected chi connectivity index (χ1v) is 10.8. The molecule has 0 aliphatic carbocycles. The molecule has 1 aromatic heterocycles. The Bertz CT molecular complexity index is 862. The summed E-state index contributed by atoms with van der Waals surface area (Å²) in [5, 5.41) is 4.32. The van der Waals surface area contributed by atoms with E-state index in [1.165, 1.54) is 13.0 Å². The molecule has 2 aromatic rings. The van der Waals surface area contributed by atoms with E-state index >= 15 is 0 Å². The van der Waals surface area contributed by atoms with Gasteiger partial charge in [-0.05, 0) is 42.5 Å². The number of ether oxygens (including phenoxy) is 1. The number of esters is 1. The van der Waals surface area contributed by atoms with Crippen LogP contribution in [0.4, 0.5) is 5.69 Å². The third kappa shape index (κ3) is 6.46. The molecule has 1 heterocycles. The predicted octanol–water partition coefficient (Wildman–Crippen LogP) is 2.55. The predicted molar refractivity (Wildman–Crippen MR) is 104 cm³/mol. The van der Waals surface area contributed by atoms with Crippen molar-refractivity contribution in [1.82, 2.24) is 4.72 Å². The lowest BCUT2D eigenvalue weighted by molar-refractivity contribution is -0.152. The zero-order valence-electron chi connectivity index (χ0n) is 15.1. The van der Waals surface area contributed by atoms with Gasteiger partial charge in [-0.25, -0.2) is 13.1 Å². The van der Waals surface area contributed by atoms with E-state index < -0.39 is 28.0 Å². The number of sulfonamides is 1. The average Bonchev–Trinajstić information content (AvgIpc) is 3.17. The lowest BCUT2D eigenvalue weighted by Crippen LogP contribution is -2.32. The molecular formula is C18H22N2O5S2. The number of aryl methyl sites for hydroxylation is 1. The molecule has 0 unspecified atom stereocenters. The number of carbonyl (C=O) groups is 2. The zero-order chi connectivity index (χ0) is 19.9. The van der Waals surface area contributed by atoms with Gasteiger partial charge in [0.1, 0.15) is 4.21 Å². The van der Waals surface area contributed by atoms with Gasteiger partial charge in [0.2, 0.25) is 10.0 Å². The maximum atomic E-state index is 12.1. The number of anilines is 1. The van der Waals surface area contributed by atoms with E-state index in [1.54, 1.807) is 23.6 Å². The first-order chi connectivity index (χ1) is 12.8. The summed E-state index contributed by atoms with van der Waals surface area (Å²) >= 11 is 1.09. The second-order valence-electron chi connectivity index (χ2n) is 5.75. The minimum absolute atomic E-state index is 0.105. The van der Waals surface area contributed by atoms with Gasteiger partial charge in [0.15, 0.2) is 6.10 Å². The summed E-state index contributed by atoms with van der Waals surface area (Å²) in [4.78, 5) is 23.9. The summed E-state index contributed by atoms with van der Waals surface area (Å²) in [5.74, 6) is -1.11. The minimum atomic E-state index is -3.62. The van der Waals surface area contributed by atoms with Crippen molar-refractivity contribution in [3.05, 3.63) is 47.3 Å². The number of amides is 1. The highest BCUT2D eigenvalue weighted by atomic mass is 32.2. The smallest absolute Gasteiger partial charge is 0.307 e. The van der Waals surface area contributed by atoms with Gasteiger partial charge in [0.05, 0.1) is 6.42 Å². The van der Waals surface area contributed by atoms with Gasteiger partial charge < -0.3 is 10.1 Å². The van der Waals surface area contributed by atoms with Crippen LogP contribution in [0.2, 0.25) is 0 Å². The third-order valence-electron chi connectivity index (χ3n) is 3.69. The van der Waals surface area contributed by atoms with Crippen molar-refractivity contribution < 1.29 is 22.7 Å². The highest BCUT2D eigenvalue weighted by Crippen LogP contribution is 2.15. The van der Waals surface area contributed by atoms with Gasteiger partial charge in [-0.2, -0.15) is 0 Å². The first kappa shape index (κ1) is 21.1. The van der Waals surface area contributed by atoms with Crippen LogP contribution in [-0.4, -0.2) is 32.9 Å². The summed E-state index contributed by atoms with van der Waals surface area (Å²) in [6.45, 7) is 3.39. The molecule has 0 bridgehead atoms. The standard InChI is InChI=1S/C18H22N2O5S2/c1-3-14-6-8-15(9-7-14)20-18(22)13(2)25-16(21)10-11-19-27(23,24)17-5-4-12-26-17/h4-9,12-13,19H,3,10-11H2,1-2H3,(H,20,22)/t13-/m1/s1. The highest BCUT2D eigenvalue weighted by molar-refractivity contribution is 7.91. The Kier molecular flexibility index (Phi) is 7.52. The van der Waals surface area contributed by atoms with Crippen LogP contribution >= 0.6 is 11.3 Å². The molecule has 0 fully saturated rings. The van der Waals surface area contributed by atoms with E-state index in [0.717, 1.165) is 23.3 Å². The monoisotopic (exact) mass is 410 g/mol. The second-order valence-corrected chi connectivity index (χ2v) is 8.69. The summed E-state index contributed by atoms with van der Waals surface area (Å²) in [6.07, 6.45) is -0.261. The SMILES string of the molecule is CCc1ccc(NC(=O)[C@@H](C)OC(=O)CCNS(=O)(=O)c2cccs2)cc1. The Hall–Kier alpha value is -2.23. The summed E-state index contributed by atoms with van der Waals surface area (Å²) in [6, 6.07) is 10.5. The minimum Gasteiger partial charge on any atom is -0.452 e. The number of thiophene rings is 1. The van der Waals surface area contributed by atoms with Gasteiger partial charge in [0, 0.05) is 12.2 Å². The Labute approximate surface area is 162 Å². The lowest BCUT2D eigenvalue weighted by atomic mass is 10.1. The molecule has 0 radical (unpaired) electrons. The van der Waals surface area contributed by atoms with Gasteiger partial charge in [-0.15, -0.1) is 11.3 Å². The molecule has 0 spiro atoms. The summed E-state index contributed by atoms with van der Waals surface area (Å²) in [7, 11) is -3.62. The van der Waals surface area contributed by atoms with Crippen molar-refractivity contribution in [2.45, 2.75) is 37.0 Å². The van der Waals surface area contributed by atoms with Crippen LogP contribution < -0.4 is 10.0 Å². The van der Waals surface area contributed by atoms with Crippen LogP contribution in [0.15, 0.2) is 46.0 Å². The molecule has 1 amide bonds. The fourth-order valence-corrected chi connectivity index (χ4v) is 4.22. The molecule has 0 saturated carbocycles. The molecule has 9 heteroatoms. The van der Waals surface area contributed by atoms with E-state index in [4.69, 9.17) is 4.74 Å². The van der Waals surface area contributed by atoms with Crippen molar-refractivity contribution >= 4 is 38.9 Å². The molecule has 146 valence electrons. The molecule has 0 saturated heterocycles. The van der Waals surface area contributed by atoms with Crippen LogP contribution in [-0.2, 0) is 30.8 Å². The van der Waals surface area contributed by atoms with Crippen molar-refractivity contribution in [3.8, 4) is 0 Å². The second kappa shape index (κ2) is 9.63. The average molecular weight is 411 g/mol. The van der Waals surface area contributed by atoms with Crippen molar-refractivity contribution in [2.24, 2.45) is 0 Å². The van der Waals surface area contributed by atoms with Crippen molar-refractivity contribution in [1.29, 1.82) is 0 Å². The largest absolute Gasteiger partial charge is 0.452 e. The van der Waals surface area contributed by atoms with Gasteiger partial charge in [-0.1, -0.05) is 25.1 Å². The number of benzene rings is 1. The number of rotatable bonds is 9. The topological polar surface area (TPSA) is 102 Å². The van der Waals surface area contributed by atoms with Gasteiger partial charge in [-0.3, -0.25) is 9.59 Å². The van der Waals surface area contributed by atoms with Gasteiger partial charge in [0.25, 0.3) is 5.91 Å². The fraction of sp³-hybridized carbons (Fsp3) is 0.333. The van der Waals surface area contributed by atoms with E-state index in [1.807, 2.05) is 19.1 Å². The van der Waals surface area contributed by atoms with Crippen LogP contribution in [0.25, 0.3) is 0 Å². The zero-order valence-corrected chi connectivity index (χ0v) is 16.7. The molecule has 2 N–H and O–H groups in total. The first-order valence-electron chi connectivity index (χ1n) is 8.44. The Balaban J connectivity index is 1.76. The normalized spacial score (nSPS) is 12.4. The van der Waals surface area contributed by atoms with Crippen LogP contribution in [0, 0.1) is 0 Å². The fourth-order valence-electron chi connectivity index (χ4n) is 2.15. The number of hydrogen-bond acceptors (Lipinski definition) is 6. The maximum Gasteiger partial charge on any atom is 0.307 e. The van der Waals surface area contributed by atoms with E-state index in [0.29, 0.717) is 5.69 Å². The summed E-state index contributed by atoms with van der Waals surface area (Å²) < 4.78 is 31.4. The van der Waals surface area contributed by atoms with E-state index in [9.17, 15) is 18.0 Å². The van der Waals surface area contributed by atoms with Crippen molar-refractivity contribution in [3.63, 3.8) is 0 Å². The number of carbonyl (C=O) groups excluding carboxylic acids is 2. The van der Waals surface area contributed by atoms with E-state index in [-0.39, 0.29) is 17.2 Å².